The third-order valence-electron chi connectivity index (χ3n) is 1.75. The Morgan fingerprint density at radius 1 is 0.882 bits per heavy atom. The molecule has 0 fully saturated rings. The molecule has 0 heterocycles. The number of carbonyl (C=O) groups excluding carboxylic acids is 2. The number of halogens is 1. The van der Waals surface area contributed by atoms with Gasteiger partial charge in [0, 0.05) is 6.07 Å². The van der Waals surface area contributed by atoms with Gasteiger partial charge in [0.2, 0.25) is 0 Å². The standard InChI is InChI=1S/C6H5ClO2.C6H4O2/c7-5-3-4(8)1-2-6(5)9;7-5-1-2-6(8)4-3-5/h1-3,8-9H;1-4H. The van der Waals surface area contributed by atoms with Crippen LogP contribution in [0.3, 0.4) is 0 Å². The van der Waals surface area contributed by atoms with Crippen LogP contribution in [0.2, 0.25) is 5.02 Å². The van der Waals surface area contributed by atoms with Crippen LogP contribution in [0.5, 0.6) is 11.5 Å². The Hall–Kier alpha value is -2.07. The monoisotopic (exact) mass is 252 g/mol. The minimum Gasteiger partial charge on any atom is -0.508 e. The summed E-state index contributed by atoms with van der Waals surface area (Å²) in [6.07, 6.45) is 5.01. The van der Waals surface area contributed by atoms with Gasteiger partial charge in [0.05, 0.1) is 5.02 Å². The number of allylic oxidation sites excluding steroid dienone is 4. The van der Waals surface area contributed by atoms with Gasteiger partial charge in [-0.25, -0.2) is 0 Å². The first-order valence-corrected chi connectivity index (χ1v) is 4.98. The summed E-state index contributed by atoms with van der Waals surface area (Å²) in [5, 5.41) is 17.7. The van der Waals surface area contributed by atoms with Crippen LogP contribution in [-0.4, -0.2) is 21.8 Å². The van der Waals surface area contributed by atoms with Crippen LogP contribution in [0.15, 0.2) is 42.5 Å². The number of hydrogen-bond donors (Lipinski definition) is 2. The lowest BCUT2D eigenvalue weighted by Crippen LogP contribution is -1.97. The van der Waals surface area contributed by atoms with Gasteiger partial charge in [0.15, 0.2) is 11.6 Å². The minimum absolute atomic E-state index is 0.0190. The van der Waals surface area contributed by atoms with Gasteiger partial charge < -0.3 is 10.2 Å². The Morgan fingerprint density at radius 3 is 1.71 bits per heavy atom. The van der Waals surface area contributed by atoms with Gasteiger partial charge in [0.1, 0.15) is 11.5 Å². The van der Waals surface area contributed by atoms with Crippen molar-refractivity contribution in [2.24, 2.45) is 0 Å². The van der Waals surface area contributed by atoms with Crippen molar-refractivity contribution in [3.8, 4) is 11.5 Å². The molecule has 0 unspecified atom stereocenters. The SMILES string of the molecule is O=C1C=CC(=O)C=C1.Oc1ccc(O)c(Cl)c1. The zero-order valence-corrected chi connectivity index (χ0v) is 9.39. The molecule has 1 aromatic rings. The van der Waals surface area contributed by atoms with Gasteiger partial charge in [-0.1, -0.05) is 11.6 Å². The summed E-state index contributed by atoms with van der Waals surface area (Å²) in [6.45, 7) is 0. The van der Waals surface area contributed by atoms with Crippen molar-refractivity contribution in [1.82, 2.24) is 0 Å². The fourth-order valence-electron chi connectivity index (χ4n) is 0.935. The van der Waals surface area contributed by atoms with E-state index in [2.05, 4.69) is 0 Å². The highest BCUT2D eigenvalue weighted by molar-refractivity contribution is 6.32. The number of phenolic OH excluding ortho intramolecular Hbond substituents is 2. The molecule has 0 saturated heterocycles. The van der Waals surface area contributed by atoms with Crippen LogP contribution in [0, 0.1) is 0 Å². The Balaban J connectivity index is 0.000000171. The first kappa shape index (κ1) is 13.0. The molecule has 1 aromatic carbocycles. The van der Waals surface area contributed by atoms with Crippen LogP contribution in [0.1, 0.15) is 0 Å². The largest absolute Gasteiger partial charge is 0.508 e. The molecule has 2 rings (SSSR count). The number of ketones is 2. The number of carbonyl (C=O) groups is 2. The number of hydrogen-bond acceptors (Lipinski definition) is 4. The Kier molecular flexibility index (Phi) is 4.48. The normalized spacial score (nSPS) is 13.2. The highest BCUT2D eigenvalue weighted by Gasteiger charge is 1.98. The molecule has 0 aliphatic heterocycles. The van der Waals surface area contributed by atoms with E-state index in [4.69, 9.17) is 21.8 Å². The van der Waals surface area contributed by atoms with Gasteiger partial charge in [-0.15, -0.1) is 0 Å². The summed E-state index contributed by atoms with van der Waals surface area (Å²) < 4.78 is 0. The highest BCUT2D eigenvalue weighted by atomic mass is 35.5. The molecule has 1 aliphatic rings. The van der Waals surface area contributed by atoms with E-state index in [1.54, 1.807) is 0 Å². The fraction of sp³-hybridized carbons (Fsp3) is 0. The molecule has 1 aliphatic carbocycles. The molecular formula is C12H9ClO4. The maximum absolute atomic E-state index is 10.3. The number of benzene rings is 1. The van der Waals surface area contributed by atoms with E-state index < -0.39 is 0 Å². The average molecular weight is 253 g/mol. The van der Waals surface area contributed by atoms with Crippen LogP contribution in [0.4, 0.5) is 0 Å². The van der Waals surface area contributed by atoms with Gasteiger partial charge in [-0.05, 0) is 36.4 Å². The lowest BCUT2D eigenvalue weighted by Gasteiger charge is -1.94. The summed E-state index contributed by atoms with van der Waals surface area (Å²) >= 11 is 5.40. The van der Waals surface area contributed by atoms with Gasteiger partial charge in [0.25, 0.3) is 0 Å². The second-order valence-corrected chi connectivity index (χ2v) is 3.51. The van der Waals surface area contributed by atoms with Crippen LogP contribution >= 0.6 is 11.6 Å². The summed E-state index contributed by atoms with van der Waals surface area (Å²) in [5.41, 5.74) is 0. The summed E-state index contributed by atoms with van der Waals surface area (Å²) in [6, 6.07) is 3.97. The van der Waals surface area contributed by atoms with Crippen molar-refractivity contribution in [2.75, 3.05) is 0 Å². The van der Waals surface area contributed by atoms with E-state index in [0.717, 1.165) is 0 Å². The van der Waals surface area contributed by atoms with E-state index in [1.165, 1.54) is 42.5 Å². The second kappa shape index (κ2) is 5.86. The Labute approximate surface area is 102 Å². The summed E-state index contributed by atoms with van der Waals surface area (Å²) in [4.78, 5) is 20.6. The van der Waals surface area contributed by atoms with Crippen LogP contribution in [0.25, 0.3) is 0 Å². The van der Waals surface area contributed by atoms with Crippen molar-refractivity contribution >= 4 is 23.2 Å². The van der Waals surface area contributed by atoms with E-state index in [9.17, 15) is 9.59 Å². The Morgan fingerprint density at radius 2 is 1.35 bits per heavy atom. The van der Waals surface area contributed by atoms with Gasteiger partial charge in [-0.2, -0.15) is 0 Å². The molecule has 5 heteroatoms. The quantitative estimate of drug-likeness (QED) is 0.547. The lowest BCUT2D eigenvalue weighted by atomic mass is 10.2. The van der Waals surface area contributed by atoms with Crippen molar-refractivity contribution in [2.45, 2.75) is 0 Å². The van der Waals surface area contributed by atoms with Gasteiger partial charge in [-0.3, -0.25) is 9.59 Å². The smallest absolute Gasteiger partial charge is 0.178 e. The molecule has 0 radical (unpaired) electrons. The number of phenols is 2. The van der Waals surface area contributed by atoms with Crippen molar-refractivity contribution in [3.05, 3.63) is 47.5 Å². The average Bonchev–Trinajstić information content (AvgIpc) is 2.29. The van der Waals surface area contributed by atoms with Crippen molar-refractivity contribution in [1.29, 1.82) is 0 Å². The third-order valence-corrected chi connectivity index (χ3v) is 2.06. The van der Waals surface area contributed by atoms with Crippen LogP contribution < -0.4 is 0 Å². The van der Waals surface area contributed by atoms with Crippen LogP contribution in [-0.2, 0) is 9.59 Å². The van der Waals surface area contributed by atoms with E-state index in [1.807, 2.05) is 0 Å². The molecule has 0 spiro atoms. The zero-order valence-electron chi connectivity index (χ0n) is 8.63. The maximum atomic E-state index is 10.3. The first-order valence-electron chi connectivity index (χ1n) is 4.60. The summed E-state index contributed by atoms with van der Waals surface area (Å²) in [7, 11) is 0. The number of aromatic hydroxyl groups is 2. The molecule has 0 amide bonds. The summed E-state index contributed by atoms with van der Waals surface area (Å²) in [5.74, 6) is -0.207. The molecule has 0 atom stereocenters. The number of rotatable bonds is 0. The van der Waals surface area contributed by atoms with Crippen molar-refractivity contribution in [3.63, 3.8) is 0 Å². The minimum atomic E-state index is -0.121. The molecule has 0 saturated carbocycles. The fourth-order valence-corrected chi connectivity index (χ4v) is 1.11. The van der Waals surface area contributed by atoms with E-state index in [-0.39, 0.29) is 28.1 Å². The molecule has 0 aromatic heterocycles. The third kappa shape index (κ3) is 4.53. The molecule has 0 bridgehead atoms. The highest BCUT2D eigenvalue weighted by Crippen LogP contribution is 2.26. The first-order chi connectivity index (χ1) is 7.99. The topological polar surface area (TPSA) is 74.6 Å². The molecule has 4 nitrogen and oxygen atoms in total. The zero-order chi connectivity index (χ0) is 12.8. The second-order valence-electron chi connectivity index (χ2n) is 3.11. The lowest BCUT2D eigenvalue weighted by molar-refractivity contribution is -0.113. The van der Waals surface area contributed by atoms with E-state index >= 15 is 0 Å². The van der Waals surface area contributed by atoms with Gasteiger partial charge >= 0.3 is 0 Å². The molecule has 2 N–H and O–H groups in total. The molecule has 88 valence electrons. The predicted octanol–water partition coefficient (Wildman–Crippen LogP) is 2.00. The Bertz CT molecular complexity index is 465. The maximum Gasteiger partial charge on any atom is 0.178 e. The van der Waals surface area contributed by atoms with E-state index in [0.29, 0.717) is 0 Å². The predicted molar refractivity (Wildman–Crippen MR) is 63.1 cm³/mol. The molecular weight excluding hydrogens is 244 g/mol. The van der Waals surface area contributed by atoms with Crippen molar-refractivity contribution < 1.29 is 19.8 Å². The molecule has 17 heavy (non-hydrogen) atoms.